The zero-order valence-corrected chi connectivity index (χ0v) is 80.7. The minimum absolute atomic E-state index is 0. The number of aliphatic hydroxyl groups excluding tert-OH is 1. The molecule has 3 heterocycles. The molecule has 3 saturated heterocycles. The third kappa shape index (κ3) is 54.4. The molecular formula is C80H127IN11NaO25S5. The Labute approximate surface area is 770 Å². The third-order valence-electron chi connectivity index (χ3n) is 18.1. The minimum Gasteiger partial charge on any atom is -0.496 e. The average molecular weight is 1950 g/mol. The van der Waals surface area contributed by atoms with Gasteiger partial charge in [0.05, 0.1) is 123 Å². The van der Waals surface area contributed by atoms with Crippen LogP contribution in [0.5, 0.6) is 51.7 Å². The topological polar surface area (TPSA) is 530 Å². The van der Waals surface area contributed by atoms with Gasteiger partial charge in [0.25, 0.3) is 0 Å². The van der Waals surface area contributed by atoms with E-state index >= 15 is 0 Å². The van der Waals surface area contributed by atoms with Crippen molar-refractivity contribution in [1.29, 1.82) is 0 Å². The van der Waals surface area contributed by atoms with Crippen LogP contribution in [0.15, 0.2) is 36.4 Å². The van der Waals surface area contributed by atoms with E-state index in [0.29, 0.717) is 145 Å². The summed E-state index contributed by atoms with van der Waals surface area (Å²) in [6, 6.07) is 10.2. The molecule has 3 aliphatic heterocycles. The number of methoxy groups -OCH3 is 6. The second-order valence-electron chi connectivity index (χ2n) is 27.2. The number of Topliss-reactive ketones (excluding diaryl/α,β-unsaturated/α-hetero) is 1. The smallest absolute Gasteiger partial charge is 0.496 e. The summed E-state index contributed by atoms with van der Waals surface area (Å²) in [6.07, 6.45) is 14.1. The number of nitrogens with two attached hydrogens (primary N) is 1. The molecule has 36 nitrogen and oxygen atoms in total. The van der Waals surface area contributed by atoms with Crippen molar-refractivity contribution in [1.82, 2.24) is 53.2 Å². The van der Waals surface area contributed by atoms with Crippen LogP contribution in [-0.4, -0.2) is 226 Å². The molecule has 0 radical (unpaired) electrons. The van der Waals surface area contributed by atoms with Gasteiger partial charge in [0.1, 0.15) is 78.1 Å². The Morgan fingerprint density at radius 1 is 0.463 bits per heavy atom. The summed E-state index contributed by atoms with van der Waals surface area (Å²) in [4.78, 5) is 129. The van der Waals surface area contributed by atoms with Crippen molar-refractivity contribution >= 4 is 120 Å². The van der Waals surface area contributed by atoms with Crippen molar-refractivity contribution in [3.63, 3.8) is 0 Å². The first kappa shape index (κ1) is 115. The molecule has 3 unspecified atom stereocenters. The molecule has 43 heteroatoms. The molecule has 13 N–H and O–H groups in total. The number of ether oxygens (including phenoxy) is 9. The van der Waals surface area contributed by atoms with Crippen molar-refractivity contribution < 1.29 is 164 Å². The number of unbranched alkanes of at least 4 members (excludes halogenated alkanes) is 3. The normalized spacial score (nSPS) is 14.3. The van der Waals surface area contributed by atoms with Gasteiger partial charge in [-0.05, 0) is 83.5 Å². The molecule has 3 aromatic rings. The van der Waals surface area contributed by atoms with Gasteiger partial charge in [-0.2, -0.15) is 0 Å². The summed E-state index contributed by atoms with van der Waals surface area (Å²) in [5.41, 5.74) is 7.30. The number of rotatable bonds is 51. The zero-order chi connectivity index (χ0) is 90.3. The van der Waals surface area contributed by atoms with Crippen molar-refractivity contribution in [2.24, 2.45) is 11.7 Å². The van der Waals surface area contributed by atoms with Crippen LogP contribution in [0.4, 0.5) is 0 Å². The summed E-state index contributed by atoms with van der Waals surface area (Å²) in [5.74, 6) is 9.57. The second kappa shape index (κ2) is 70.7. The van der Waals surface area contributed by atoms with E-state index in [0.717, 1.165) is 68.6 Å². The maximum Gasteiger partial charge on any atom is 1.00 e. The fraction of sp³-hybridized carbons (Fsp3) is 0.637. The van der Waals surface area contributed by atoms with Crippen molar-refractivity contribution in [2.75, 3.05) is 139 Å². The Hall–Kier alpha value is -6.37. The van der Waals surface area contributed by atoms with Crippen LogP contribution in [0.1, 0.15) is 164 Å². The summed E-state index contributed by atoms with van der Waals surface area (Å²) < 4.78 is 84.7. The minimum atomic E-state index is -5.94. The summed E-state index contributed by atoms with van der Waals surface area (Å²) in [6.45, 7) is 2.50. The number of aldehydes is 1. The molecular weight excluding hydrogens is 1830 g/mol. The number of hydrogen-bond donors (Lipinski definition) is 12. The molecule has 690 valence electrons. The van der Waals surface area contributed by atoms with E-state index < -0.39 is 26.2 Å². The molecule has 3 atom stereocenters. The van der Waals surface area contributed by atoms with Gasteiger partial charge >= 0.3 is 29.6 Å². The van der Waals surface area contributed by atoms with E-state index in [4.69, 9.17) is 62.1 Å². The molecule has 3 fully saturated rings. The number of nitrogens with one attached hydrogen (secondary N) is 10. The first-order valence-electron chi connectivity index (χ1n) is 40.3. The Kier molecular flexibility index (Phi) is 65.9. The quantitative estimate of drug-likeness (QED) is 0.00855. The second-order valence-corrected chi connectivity index (χ2v) is 36.0. The molecule has 0 spiro atoms. The first-order valence-corrected chi connectivity index (χ1v) is 49.9. The number of carbonyl (C=O) groups excluding carboxylic acids is 11. The monoisotopic (exact) mass is 1950 g/mol. The molecule has 3 aromatic carbocycles. The van der Waals surface area contributed by atoms with Crippen LogP contribution < -0.4 is 165 Å². The van der Waals surface area contributed by atoms with E-state index in [1.807, 2.05) is 43.2 Å². The molecule has 123 heavy (non-hydrogen) atoms. The Morgan fingerprint density at radius 2 is 0.772 bits per heavy atom. The fourth-order valence-electron chi connectivity index (χ4n) is 11.4. The maximum atomic E-state index is 12.9. The maximum absolute atomic E-state index is 12.9. The number of aliphatic hydroxyl groups is 1. The van der Waals surface area contributed by atoms with Crippen LogP contribution in [0.25, 0.3) is 0 Å². The average Bonchev–Trinajstić information content (AvgIpc) is 1.70. The van der Waals surface area contributed by atoms with Gasteiger partial charge < -0.3 is 106 Å². The standard InChI is InChI=1S/C30H46N4O7S3.C23H38N4O7.C22H33N3O7.C5H10S2.IO4.Na/c1-31-26(35)7-4-5-12-41-21-15-24(39-2)22(25(16-21)40-3)17-32-27(36)8-6-9-28(37)33-18-29-34-23(19-42-29)30(38)20-10-13-43-44-14-11-20;1-25-21(29)7-4-5-10-34-17-11-19(32-2)18(20(12-17)33-3)15-27-23(31)9-6-8-22(30)26-14-16(28)13-24;1-23-20(27)7-4-5-12-32-16-13-18(30-2)17(19(14-16)31-3)15-25-22(29)9-6-8-21(28)24-10-11-26;1-2-4-6-7-5-3-1;2-1(3,4)5;/h15-16,20,23,29,34H,4-14,17-19H2,1-3H3,(H,31,35)(H,32,36)(H,33,37);11-12,16,28H,4-10,13-15,24H2,1-3H3,(H,25,29)(H,26,30)(H,27,31);11,13-14H,4-10,12,15H2,1-3H3,(H,23,27)(H,24,28)(H,25,29);1-5H2;;/q;;;;-1;+1. The number of thioether (sulfide) groups is 1. The number of carbonyl (C=O) groups is 11. The Morgan fingerprint density at radius 3 is 1.09 bits per heavy atom. The third-order valence-corrected chi connectivity index (χ3v) is 24.4. The predicted molar refractivity (Wildman–Crippen MR) is 461 cm³/mol. The molecule has 9 amide bonds. The molecule has 0 aliphatic carbocycles. The molecule has 0 aromatic heterocycles. The van der Waals surface area contributed by atoms with Gasteiger partial charge in [-0.25, -0.2) is 0 Å². The summed E-state index contributed by atoms with van der Waals surface area (Å²) in [7, 11) is 21.8. The predicted octanol–water partition coefficient (Wildman–Crippen LogP) is -3.58. The van der Waals surface area contributed by atoms with Gasteiger partial charge in [0.2, 0.25) is 53.2 Å². The SMILES string of the molecule is C1CCSSCC1.CNC(=O)CCCCOc1cc(OC)c(CNC(=O)CCCC(=O)NCC(O)CN)c(OC)c1.CNC(=O)CCCCOc1cc(OC)c(CNC(=O)CCCC(=O)NCC2NC(C(=O)C3CCSSCC3)CS2)c(OC)c1.CNC(=O)CCCCOc1cc(OC)c(CNC(=O)CCCC(=O)NCC=O)c(OC)c1.[Na+].[O-][I+3]([O-])([O-])[O-]. The summed E-state index contributed by atoms with van der Waals surface area (Å²) >= 11 is -4.27. The summed E-state index contributed by atoms with van der Waals surface area (Å²) in [5, 5.41) is 36.9. The van der Waals surface area contributed by atoms with E-state index in [-0.39, 0.29) is 178 Å². The van der Waals surface area contributed by atoms with Crippen molar-refractivity contribution in [2.45, 2.75) is 185 Å². The first-order chi connectivity index (χ1) is 58.6. The van der Waals surface area contributed by atoms with E-state index in [2.05, 4.69) is 53.2 Å². The van der Waals surface area contributed by atoms with Crippen LogP contribution in [0, 0.1) is 5.92 Å². The van der Waals surface area contributed by atoms with Crippen molar-refractivity contribution in [3.8, 4) is 51.7 Å². The Bertz CT molecular complexity index is 3500. The molecule has 0 saturated carbocycles. The number of halogens is 1. The largest absolute Gasteiger partial charge is 1.00 e. The molecule has 6 rings (SSSR count). The Balaban J connectivity index is 0.000000867. The number of hydrogen-bond acceptors (Lipinski definition) is 32. The van der Waals surface area contributed by atoms with Crippen LogP contribution >= 0.6 is 54.9 Å². The van der Waals surface area contributed by atoms with Gasteiger partial charge in [0.15, 0.2) is 5.78 Å². The number of amides is 9. The van der Waals surface area contributed by atoms with Crippen LogP contribution in [-0.2, 0) is 72.4 Å². The van der Waals surface area contributed by atoms with E-state index in [1.54, 1.807) is 83.5 Å². The fourth-order valence-corrected chi connectivity index (χ4v) is 17.1. The van der Waals surface area contributed by atoms with Crippen LogP contribution in [0.3, 0.4) is 0 Å². The van der Waals surface area contributed by atoms with E-state index in [1.165, 1.54) is 59.2 Å². The van der Waals surface area contributed by atoms with Gasteiger partial charge in [0, 0.05) is 170 Å². The van der Waals surface area contributed by atoms with Gasteiger partial charge in [-0.1, -0.05) is 49.6 Å². The van der Waals surface area contributed by atoms with Gasteiger partial charge in [-0.3, -0.25) is 67.0 Å². The van der Waals surface area contributed by atoms with E-state index in [9.17, 15) is 57.8 Å². The number of benzene rings is 3. The van der Waals surface area contributed by atoms with Crippen molar-refractivity contribution in [3.05, 3.63) is 53.1 Å². The van der Waals surface area contributed by atoms with Gasteiger partial charge in [-0.15, -0.1) is 11.8 Å². The molecule has 0 bridgehead atoms. The molecule has 3 aliphatic rings. The zero-order valence-electron chi connectivity index (χ0n) is 72.5. The number of ketones is 1. The van der Waals surface area contributed by atoms with Crippen LogP contribution in [0.2, 0.25) is 0 Å².